The van der Waals surface area contributed by atoms with Gasteiger partial charge in [0.1, 0.15) is 12.1 Å². The molecule has 5 heteroatoms. The van der Waals surface area contributed by atoms with Gasteiger partial charge in [-0.05, 0) is 24.1 Å². The average molecular weight is 260 g/mol. The molecule has 1 aromatic carbocycles. The van der Waals surface area contributed by atoms with Gasteiger partial charge in [0.2, 0.25) is 0 Å². The molecule has 0 aliphatic carbocycles. The lowest BCUT2D eigenvalue weighted by atomic mass is 10.1. The number of aromatic nitrogens is 2. The van der Waals surface area contributed by atoms with Gasteiger partial charge >= 0.3 is 0 Å². The van der Waals surface area contributed by atoms with E-state index in [1.807, 2.05) is 18.2 Å². The van der Waals surface area contributed by atoms with E-state index in [-0.39, 0.29) is 6.04 Å². The molecule has 102 valence electrons. The van der Waals surface area contributed by atoms with Crippen LogP contribution < -0.4 is 11.1 Å². The van der Waals surface area contributed by atoms with Crippen molar-refractivity contribution < 1.29 is 4.74 Å². The average Bonchev–Trinajstić information content (AvgIpc) is 2.37. The van der Waals surface area contributed by atoms with Crippen LogP contribution in [0, 0.1) is 5.92 Å². The normalized spacial score (nSPS) is 12.8. The van der Waals surface area contributed by atoms with E-state index in [1.54, 1.807) is 13.4 Å². The highest BCUT2D eigenvalue weighted by Crippen LogP contribution is 2.22. The third-order valence-electron chi connectivity index (χ3n) is 3.13. The number of nitrogens with zero attached hydrogens (tertiary/aromatic N) is 2. The third kappa shape index (κ3) is 3.12. The molecule has 0 radical (unpaired) electrons. The molecule has 5 nitrogen and oxygen atoms in total. The zero-order chi connectivity index (χ0) is 13.8. The highest BCUT2D eigenvalue weighted by Gasteiger charge is 2.15. The van der Waals surface area contributed by atoms with E-state index >= 15 is 0 Å². The minimum atomic E-state index is 0.209. The molecule has 0 amide bonds. The van der Waals surface area contributed by atoms with Gasteiger partial charge in [-0.25, -0.2) is 9.97 Å². The van der Waals surface area contributed by atoms with Gasteiger partial charge in [-0.1, -0.05) is 13.8 Å². The van der Waals surface area contributed by atoms with Crippen LogP contribution in [0.25, 0.3) is 10.9 Å². The van der Waals surface area contributed by atoms with Crippen molar-refractivity contribution in [2.45, 2.75) is 19.9 Å². The van der Waals surface area contributed by atoms with Gasteiger partial charge in [0, 0.05) is 18.2 Å². The van der Waals surface area contributed by atoms with Gasteiger partial charge in [0.05, 0.1) is 18.2 Å². The molecule has 0 bridgehead atoms. The first-order valence-electron chi connectivity index (χ1n) is 6.37. The number of nitrogens with two attached hydrogens (primary N) is 1. The standard InChI is InChI=1S/C14H20N4O/c1-9(2)13(7-19-3)18-14-11-5-4-10(15)6-12(11)16-8-17-14/h4-6,8-9,13H,7,15H2,1-3H3,(H,16,17,18). The summed E-state index contributed by atoms with van der Waals surface area (Å²) in [5.41, 5.74) is 7.32. The lowest BCUT2D eigenvalue weighted by Gasteiger charge is -2.22. The Morgan fingerprint density at radius 1 is 1.32 bits per heavy atom. The molecule has 0 saturated heterocycles. The number of benzene rings is 1. The van der Waals surface area contributed by atoms with Gasteiger partial charge in [-0.15, -0.1) is 0 Å². The summed E-state index contributed by atoms with van der Waals surface area (Å²) < 4.78 is 5.24. The van der Waals surface area contributed by atoms with E-state index in [1.165, 1.54) is 0 Å². The molecule has 1 atom stereocenters. The van der Waals surface area contributed by atoms with Crippen molar-refractivity contribution in [3.05, 3.63) is 24.5 Å². The molecular weight excluding hydrogens is 240 g/mol. The fourth-order valence-corrected chi connectivity index (χ4v) is 1.95. The van der Waals surface area contributed by atoms with E-state index < -0.39 is 0 Å². The molecule has 0 spiro atoms. The van der Waals surface area contributed by atoms with Gasteiger partial charge in [-0.2, -0.15) is 0 Å². The van der Waals surface area contributed by atoms with Crippen molar-refractivity contribution in [3.8, 4) is 0 Å². The summed E-state index contributed by atoms with van der Waals surface area (Å²) in [7, 11) is 1.70. The van der Waals surface area contributed by atoms with Crippen LogP contribution in [0.15, 0.2) is 24.5 Å². The first kappa shape index (κ1) is 13.5. The van der Waals surface area contributed by atoms with E-state index in [9.17, 15) is 0 Å². The molecule has 1 aromatic heterocycles. The molecule has 0 saturated carbocycles. The largest absolute Gasteiger partial charge is 0.399 e. The molecule has 1 heterocycles. The SMILES string of the molecule is COCC(Nc1ncnc2cc(N)ccc12)C(C)C. The Morgan fingerprint density at radius 2 is 2.11 bits per heavy atom. The van der Waals surface area contributed by atoms with Crippen molar-refractivity contribution in [2.24, 2.45) is 5.92 Å². The van der Waals surface area contributed by atoms with Crippen molar-refractivity contribution in [3.63, 3.8) is 0 Å². The van der Waals surface area contributed by atoms with Crippen molar-refractivity contribution in [2.75, 3.05) is 24.8 Å². The summed E-state index contributed by atoms with van der Waals surface area (Å²) in [6.45, 7) is 4.94. The number of nitrogens with one attached hydrogen (secondary N) is 1. The third-order valence-corrected chi connectivity index (χ3v) is 3.13. The minimum absolute atomic E-state index is 0.209. The Bertz CT molecular complexity index is 556. The van der Waals surface area contributed by atoms with Crippen LogP contribution in [0.4, 0.5) is 11.5 Å². The van der Waals surface area contributed by atoms with Crippen LogP contribution in [0.2, 0.25) is 0 Å². The molecule has 3 N–H and O–H groups in total. The quantitative estimate of drug-likeness (QED) is 0.807. The van der Waals surface area contributed by atoms with Gasteiger partial charge in [0.15, 0.2) is 0 Å². The van der Waals surface area contributed by atoms with Crippen molar-refractivity contribution >= 4 is 22.4 Å². The second-order valence-corrected chi connectivity index (χ2v) is 4.95. The van der Waals surface area contributed by atoms with Crippen LogP contribution in [-0.4, -0.2) is 29.7 Å². The van der Waals surface area contributed by atoms with E-state index in [0.29, 0.717) is 18.2 Å². The molecule has 0 aliphatic heterocycles. The Labute approximate surface area is 113 Å². The van der Waals surface area contributed by atoms with Crippen LogP contribution in [0.5, 0.6) is 0 Å². The number of hydrogen-bond donors (Lipinski definition) is 2. The molecular formula is C14H20N4O. The van der Waals surface area contributed by atoms with Crippen molar-refractivity contribution in [1.82, 2.24) is 9.97 Å². The van der Waals surface area contributed by atoms with E-state index in [2.05, 4.69) is 29.1 Å². The molecule has 0 fully saturated rings. The molecule has 19 heavy (non-hydrogen) atoms. The summed E-state index contributed by atoms with van der Waals surface area (Å²) in [6, 6.07) is 5.86. The maximum Gasteiger partial charge on any atom is 0.137 e. The first-order chi connectivity index (χ1) is 9.11. The lowest BCUT2D eigenvalue weighted by molar-refractivity contribution is 0.171. The predicted octanol–water partition coefficient (Wildman–Crippen LogP) is 2.29. The first-order valence-corrected chi connectivity index (χ1v) is 6.37. The Kier molecular flexibility index (Phi) is 4.16. The maximum absolute atomic E-state index is 5.77. The Morgan fingerprint density at radius 3 is 2.79 bits per heavy atom. The fraction of sp³-hybridized carbons (Fsp3) is 0.429. The smallest absolute Gasteiger partial charge is 0.137 e. The van der Waals surface area contributed by atoms with Crippen LogP contribution in [0.1, 0.15) is 13.8 Å². The number of methoxy groups -OCH3 is 1. The van der Waals surface area contributed by atoms with E-state index in [4.69, 9.17) is 10.5 Å². The van der Waals surface area contributed by atoms with Crippen LogP contribution in [-0.2, 0) is 4.74 Å². The maximum atomic E-state index is 5.77. The lowest BCUT2D eigenvalue weighted by Crippen LogP contribution is -2.30. The van der Waals surface area contributed by atoms with Crippen LogP contribution in [0.3, 0.4) is 0 Å². The second-order valence-electron chi connectivity index (χ2n) is 4.95. The highest BCUT2D eigenvalue weighted by molar-refractivity contribution is 5.90. The highest BCUT2D eigenvalue weighted by atomic mass is 16.5. The zero-order valence-electron chi connectivity index (χ0n) is 11.6. The Balaban J connectivity index is 2.34. The molecule has 1 unspecified atom stereocenters. The second kappa shape index (κ2) is 5.84. The topological polar surface area (TPSA) is 73.1 Å². The summed E-state index contributed by atoms with van der Waals surface area (Å²) >= 11 is 0. The number of rotatable bonds is 5. The van der Waals surface area contributed by atoms with Gasteiger partial charge in [0.25, 0.3) is 0 Å². The molecule has 2 rings (SSSR count). The molecule has 2 aromatic rings. The summed E-state index contributed by atoms with van der Waals surface area (Å²) in [5, 5.41) is 4.40. The fourth-order valence-electron chi connectivity index (χ4n) is 1.95. The number of fused-ring (bicyclic) bond motifs is 1. The number of ether oxygens (including phenoxy) is 1. The summed E-state index contributed by atoms with van der Waals surface area (Å²) in [6.07, 6.45) is 1.55. The predicted molar refractivity (Wildman–Crippen MR) is 78.1 cm³/mol. The van der Waals surface area contributed by atoms with Crippen molar-refractivity contribution in [1.29, 1.82) is 0 Å². The Hall–Kier alpha value is -1.88. The monoisotopic (exact) mass is 260 g/mol. The van der Waals surface area contributed by atoms with E-state index in [0.717, 1.165) is 16.7 Å². The summed E-state index contributed by atoms with van der Waals surface area (Å²) in [5.74, 6) is 1.26. The van der Waals surface area contributed by atoms with Gasteiger partial charge < -0.3 is 15.8 Å². The number of anilines is 2. The molecule has 0 aliphatic rings. The number of hydrogen-bond acceptors (Lipinski definition) is 5. The number of nitrogen functional groups attached to an aromatic ring is 1. The van der Waals surface area contributed by atoms with Crippen LogP contribution >= 0.6 is 0 Å². The zero-order valence-corrected chi connectivity index (χ0v) is 11.6. The minimum Gasteiger partial charge on any atom is -0.399 e. The summed E-state index contributed by atoms with van der Waals surface area (Å²) in [4.78, 5) is 8.56. The van der Waals surface area contributed by atoms with Gasteiger partial charge in [-0.3, -0.25) is 0 Å².